The zero-order valence-electron chi connectivity index (χ0n) is 7.99. The van der Waals surface area contributed by atoms with Gasteiger partial charge in [-0.3, -0.25) is 4.57 Å². The molecule has 1 heterocycles. The zero-order chi connectivity index (χ0) is 10.1. The quantitative estimate of drug-likeness (QED) is 0.735. The van der Waals surface area contributed by atoms with Crippen molar-refractivity contribution in [2.24, 2.45) is 0 Å². The van der Waals surface area contributed by atoms with E-state index in [1.165, 1.54) is 0 Å². The summed E-state index contributed by atoms with van der Waals surface area (Å²) >= 11 is 0. The Labute approximate surface area is 80.9 Å². The molecule has 2 rings (SSSR count). The van der Waals surface area contributed by atoms with Gasteiger partial charge in [0.25, 0.3) is 0 Å². The van der Waals surface area contributed by atoms with Crippen LogP contribution < -0.4 is 11.5 Å². The number of benzene rings is 1. The normalized spacial score (nSPS) is 10.9. The first-order valence-electron chi connectivity index (χ1n) is 4.61. The fraction of sp³-hybridized carbons (Fsp3) is 0.300. The third-order valence-electron chi connectivity index (χ3n) is 2.14. The number of nitrogens with zero attached hydrogens (tertiary/aromatic N) is 1. The van der Waals surface area contributed by atoms with E-state index in [0.717, 1.165) is 11.9 Å². The van der Waals surface area contributed by atoms with Gasteiger partial charge < -0.3 is 10.2 Å². The van der Waals surface area contributed by atoms with Gasteiger partial charge in [-0.05, 0) is 18.6 Å². The number of rotatable bonds is 2. The second-order valence-corrected chi connectivity index (χ2v) is 3.25. The molecule has 14 heavy (non-hydrogen) atoms. The van der Waals surface area contributed by atoms with Gasteiger partial charge in [-0.1, -0.05) is 6.92 Å². The maximum absolute atomic E-state index is 11.4. The lowest BCUT2D eigenvalue weighted by atomic mass is 10.3. The first-order chi connectivity index (χ1) is 6.72. The molecule has 0 amide bonds. The molecule has 0 fully saturated rings. The maximum Gasteiger partial charge on any atom is 0.419 e. The predicted molar refractivity (Wildman–Crippen MR) is 55.2 cm³/mol. The molecule has 0 bridgehead atoms. The highest BCUT2D eigenvalue weighted by molar-refractivity contribution is 5.76. The Morgan fingerprint density at radius 2 is 2.29 bits per heavy atom. The molecule has 1 aromatic heterocycles. The van der Waals surface area contributed by atoms with E-state index in [4.69, 9.17) is 10.2 Å². The van der Waals surface area contributed by atoms with Gasteiger partial charge in [0, 0.05) is 18.3 Å². The molecule has 0 radical (unpaired) electrons. The molecule has 2 aromatic rings. The topological polar surface area (TPSA) is 61.2 Å². The highest BCUT2D eigenvalue weighted by atomic mass is 16.4. The van der Waals surface area contributed by atoms with Gasteiger partial charge in [0.05, 0.1) is 5.52 Å². The molecular weight excluding hydrogens is 180 g/mol. The van der Waals surface area contributed by atoms with E-state index in [9.17, 15) is 4.79 Å². The van der Waals surface area contributed by atoms with Crippen LogP contribution in [0.4, 0.5) is 5.69 Å². The van der Waals surface area contributed by atoms with Crippen LogP contribution in [0.1, 0.15) is 13.3 Å². The standard InChI is InChI=1S/C10H12N2O2/c1-2-5-12-8-4-3-7(11)6-9(8)14-10(12)13/h3-4,6H,2,5,11H2,1H3. The summed E-state index contributed by atoms with van der Waals surface area (Å²) in [5.74, 6) is -0.313. The van der Waals surface area contributed by atoms with Gasteiger partial charge >= 0.3 is 5.76 Å². The van der Waals surface area contributed by atoms with Gasteiger partial charge in [0.15, 0.2) is 5.58 Å². The number of nitrogen functional groups attached to an aromatic ring is 1. The van der Waals surface area contributed by atoms with Crippen molar-refractivity contribution in [3.8, 4) is 0 Å². The number of aromatic nitrogens is 1. The molecule has 4 heteroatoms. The van der Waals surface area contributed by atoms with Crippen molar-refractivity contribution in [1.29, 1.82) is 0 Å². The van der Waals surface area contributed by atoms with Gasteiger partial charge in [0.2, 0.25) is 0 Å². The Kier molecular flexibility index (Phi) is 2.04. The van der Waals surface area contributed by atoms with Crippen LogP contribution in [0, 0.1) is 0 Å². The fourth-order valence-electron chi connectivity index (χ4n) is 1.52. The second-order valence-electron chi connectivity index (χ2n) is 3.25. The number of fused-ring (bicyclic) bond motifs is 1. The number of anilines is 1. The first kappa shape index (κ1) is 8.87. The smallest absolute Gasteiger partial charge is 0.408 e. The molecule has 74 valence electrons. The van der Waals surface area contributed by atoms with Crippen molar-refractivity contribution in [2.45, 2.75) is 19.9 Å². The Hall–Kier alpha value is -1.71. The summed E-state index contributed by atoms with van der Waals surface area (Å²) < 4.78 is 6.68. The van der Waals surface area contributed by atoms with Crippen LogP contribution in [0.25, 0.3) is 11.1 Å². The lowest BCUT2D eigenvalue weighted by molar-refractivity contribution is 0.502. The van der Waals surface area contributed by atoms with Gasteiger partial charge in [0.1, 0.15) is 0 Å². The Bertz CT molecular complexity index is 510. The molecule has 2 N–H and O–H groups in total. The maximum atomic E-state index is 11.4. The Balaban J connectivity index is 2.71. The first-order valence-corrected chi connectivity index (χ1v) is 4.61. The SMILES string of the molecule is CCCn1c(=O)oc2cc(N)ccc21. The number of nitrogens with two attached hydrogens (primary N) is 1. The molecular formula is C10H12N2O2. The van der Waals surface area contributed by atoms with E-state index >= 15 is 0 Å². The van der Waals surface area contributed by atoms with Crippen molar-refractivity contribution in [3.63, 3.8) is 0 Å². The monoisotopic (exact) mass is 192 g/mol. The van der Waals surface area contributed by atoms with Crippen LogP contribution in [0.3, 0.4) is 0 Å². The lowest BCUT2D eigenvalue weighted by Gasteiger charge is -1.97. The van der Waals surface area contributed by atoms with E-state index in [2.05, 4.69) is 0 Å². The minimum Gasteiger partial charge on any atom is -0.408 e. The van der Waals surface area contributed by atoms with Crippen molar-refractivity contribution in [2.75, 3.05) is 5.73 Å². The summed E-state index contributed by atoms with van der Waals surface area (Å²) in [6, 6.07) is 5.25. The molecule has 0 saturated heterocycles. The fourth-order valence-corrected chi connectivity index (χ4v) is 1.52. The molecule has 0 atom stereocenters. The predicted octanol–water partition coefficient (Wildman–Crippen LogP) is 1.59. The molecule has 0 unspecified atom stereocenters. The van der Waals surface area contributed by atoms with E-state index in [-0.39, 0.29) is 5.76 Å². The molecule has 0 aliphatic carbocycles. The van der Waals surface area contributed by atoms with Crippen molar-refractivity contribution in [1.82, 2.24) is 4.57 Å². The largest absolute Gasteiger partial charge is 0.419 e. The molecule has 0 aliphatic heterocycles. The second kappa shape index (κ2) is 3.21. The minimum atomic E-state index is -0.313. The Morgan fingerprint density at radius 3 is 3.00 bits per heavy atom. The molecule has 0 saturated carbocycles. The van der Waals surface area contributed by atoms with Gasteiger partial charge in [-0.2, -0.15) is 0 Å². The third kappa shape index (κ3) is 1.28. The van der Waals surface area contributed by atoms with Crippen LogP contribution >= 0.6 is 0 Å². The van der Waals surface area contributed by atoms with Crippen LogP contribution in [0.15, 0.2) is 27.4 Å². The van der Waals surface area contributed by atoms with Crippen LogP contribution in [-0.2, 0) is 6.54 Å². The molecule has 1 aromatic carbocycles. The highest BCUT2D eigenvalue weighted by Gasteiger charge is 2.07. The van der Waals surface area contributed by atoms with Crippen LogP contribution in [0.2, 0.25) is 0 Å². The Morgan fingerprint density at radius 1 is 1.50 bits per heavy atom. The highest BCUT2D eigenvalue weighted by Crippen LogP contribution is 2.16. The molecule has 0 aliphatic rings. The van der Waals surface area contributed by atoms with Crippen LogP contribution in [0.5, 0.6) is 0 Å². The average molecular weight is 192 g/mol. The van der Waals surface area contributed by atoms with E-state index in [1.807, 2.05) is 13.0 Å². The van der Waals surface area contributed by atoms with Gasteiger partial charge in [-0.25, -0.2) is 4.79 Å². The number of oxazole rings is 1. The van der Waals surface area contributed by atoms with E-state index in [1.54, 1.807) is 16.7 Å². The van der Waals surface area contributed by atoms with Crippen LogP contribution in [-0.4, -0.2) is 4.57 Å². The van der Waals surface area contributed by atoms with E-state index < -0.39 is 0 Å². The van der Waals surface area contributed by atoms with Crippen molar-refractivity contribution >= 4 is 16.8 Å². The molecule has 4 nitrogen and oxygen atoms in total. The summed E-state index contributed by atoms with van der Waals surface area (Å²) in [4.78, 5) is 11.4. The van der Waals surface area contributed by atoms with E-state index in [0.29, 0.717) is 17.8 Å². The average Bonchev–Trinajstić information content (AvgIpc) is 2.43. The summed E-state index contributed by atoms with van der Waals surface area (Å²) in [5.41, 5.74) is 7.56. The lowest BCUT2D eigenvalue weighted by Crippen LogP contribution is -2.13. The number of hydrogen-bond donors (Lipinski definition) is 1. The summed E-state index contributed by atoms with van der Waals surface area (Å²) in [5, 5.41) is 0. The minimum absolute atomic E-state index is 0.313. The number of hydrogen-bond acceptors (Lipinski definition) is 3. The summed E-state index contributed by atoms with van der Waals surface area (Å²) in [7, 11) is 0. The summed E-state index contributed by atoms with van der Waals surface area (Å²) in [6.07, 6.45) is 0.902. The third-order valence-corrected chi connectivity index (χ3v) is 2.14. The van der Waals surface area contributed by atoms with Crippen molar-refractivity contribution in [3.05, 3.63) is 28.7 Å². The summed E-state index contributed by atoms with van der Waals surface area (Å²) in [6.45, 7) is 2.69. The number of aryl methyl sites for hydroxylation is 1. The van der Waals surface area contributed by atoms with Gasteiger partial charge in [-0.15, -0.1) is 0 Å². The molecule has 0 spiro atoms. The zero-order valence-corrected chi connectivity index (χ0v) is 7.99. The van der Waals surface area contributed by atoms with Crippen molar-refractivity contribution < 1.29 is 4.42 Å².